The molecule has 5 nitrogen and oxygen atoms in total. The summed E-state index contributed by atoms with van der Waals surface area (Å²) in [6.45, 7) is 0. The van der Waals surface area contributed by atoms with Gasteiger partial charge in [-0.25, -0.2) is 8.91 Å². The van der Waals surface area contributed by atoms with Crippen LogP contribution in [-0.2, 0) is 0 Å². The van der Waals surface area contributed by atoms with Gasteiger partial charge in [0.05, 0.1) is 18.2 Å². The zero-order chi connectivity index (χ0) is 15.7. The van der Waals surface area contributed by atoms with Crippen LogP contribution in [0.15, 0.2) is 42.6 Å². The van der Waals surface area contributed by atoms with Crippen LogP contribution in [-0.4, -0.2) is 29.7 Å². The molecule has 0 saturated heterocycles. The number of benzene rings is 1. The Labute approximate surface area is 126 Å². The summed E-state index contributed by atoms with van der Waals surface area (Å²) in [5, 5.41) is 7.05. The number of hydrogen-bond acceptors (Lipinski definition) is 3. The molecule has 3 rings (SSSR count). The smallest absolute Gasteiger partial charge is 0.255 e. The lowest BCUT2D eigenvalue weighted by atomic mass is 10.1. The van der Waals surface area contributed by atoms with Crippen LogP contribution in [0.3, 0.4) is 0 Å². The van der Waals surface area contributed by atoms with E-state index in [2.05, 4.69) is 10.4 Å². The number of nitrogens with zero attached hydrogens (tertiary/aromatic N) is 2. The number of ether oxygens (including phenoxy) is 1. The number of pyridine rings is 1. The predicted octanol–water partition coefficient (Wildman–Crippen LogP) is 2.51. The number of fused-ring (bicyclic) bond motifs is 1. The Morgan fingerprint density at radius 3 is 2.64 bits per heavy atom. The molecule has 2 aromatic heterocycles. The minimum absolute atomic E-state index is 0.262. The van der Waals surface area contributed by atoms with Gasteiger partial charge in [0.2, 0.25) is 0 Å². The minimum atomic E-state index is -0.337. The molecule has 2 heterocycles. The zero-order valence-electron chi connectivity index (χ0n) is 12.1. The normalized spacial score (nSPS) is 10.7. The first kappa shape index (κ1) is 14.1. The van der Waals surface area contributed by atoms with E-state index in [1.54, 1.807) is 49.1 Å². The summed E-state index contributed by atoms with van der Waals surface area (Å²) in [7, 11) is 3.11. The van der Waals surface area contributed by atoms with Gasteiger partial charge >= 0.3 is 0 Å². The number of rotatable bonds is 3. The summed E-state index contributed by atoms with van der Waals surface area (Å²) in [6.07, 6.45) is 1.72. The number of hydrogen-bond donors (Lipinski definition) is 1. The number of carbonyl (C=O) groups excluding carboxylic acids is 1. The topological polar surface area (TPSA) is 55.6 Å². The molecule has 3 aromatic rings. The Hall–Kier alpha value is -2.89. The molecule has 0 aliphatic rings. The molecule has 1 aromatic carbocycles. The minimum Gasteiger partial charge on any atom is -0.497 e. The third kappa shape index (κ3) is 2.28. The lowest BCUT2D eigenvalue weighted by Gasteiger charge is -2.03. The van der Waals surface area contributed by atoms with E-state index in [0.29, 0.717) is 28.1 Å². The Morgan fingerprint density at radius 2 is 2.00 bits per heavy atom. The van der Waals surface area contributed by atoms with Crippen LogP contribution in [0, 0.1) is 5.82 Å². The maximum Gasteiger partial charge on any atom is 0.255 e. The van der Waals surface area contributed by atoms with Crippen LogP contribution < -0.4 is 10.1 Å². The number of methoxy groups -OCH3 is 1. The van der Waals surface area contributed by atoms with Crippen LogP contribution >= 0.6 is 0 Å². The summed E-state index contributed by atoms with van der Waals surface area (Å²) in [5.74, 6) is 0.0291. The molecule has 1 amide bonds. The molecule has 0 aliphatic carbocycles. The van der Waals surface area contributed by atoms with Crippen molar-refractivity contribution >= 4 is 11.4 Å². The number of aromatic nitrogens is 2. The number of nitrogens with one attached hydrogen (secondary N) is 1. The number of carbonyl (C=O) groups is 1. The predicted molar refractivity (Wildman–Crippen MR) is 80.5 cm³/mol. The molecule has 0 aliphatic heterocycles. The highest BCUT2D eigenvalue weighted by molar-refractivity contribution is 6.06. The van der Waals surface area contributed by atoms with Crippen LogP contribution in [0.1, 0.15) is 10.4 Å². The van der Waals surface area contributed by atoms with Crippen molar-refractivity contribution in [2.75, 3.05) is 14.2 Å². The second-order valence-corrected chi connectivity index (χ2v) is 4.71. The van der Waals surface area contributed by atoms with Gasteiger partial charge in [-0.3, -0.25) is 4.79 Å². The molecule has 0 spiro atoms. The van der Waals surface area contributed by atoms with Crippen molar-refractivity contribution in [3.63, 3.8) is 0 Å². The quantitative estimate of drug-likeness (QED) is 0.808. The molecule has 22 heavy (non-hydrogen) atoms. The van der Waals surface area contributed by atoms with E-state index in [1.807, 2.05) is 0 Å². The van der Waals surface area contributed by atoms with Gasteiger partial charge in [-0.2, -0.15) is 5.10 Å². The average Bonchev–Trinajstić information content (AvgIpc) is 2.93. The molecule has 112 valence electrons. The summed E-state index contributed by atoms with van der Waals surface area (Å²) in [4.78, 5) is 12.3. The van der Waals surface area contributed by atoms with Crippen molar-refractivity contribution in [3.8, 4) is 17.0 Å². The highest BCUT2D eigenvalue weighted by Gasteiger charge is 2.20. The molecule has 0 unspecified atom stereocenters. The second kappa shape index (κ2) is 5.48. The van der Waals surface area contributed by atoms with Crippen LogP contribution in [0.25, 0.3) is 16.8 Å². The van der Waals surface area contributed by atoms with Crippen LogP contribution in [0.4, 0.5) is 4.39 Å². The van der Waals surface area contributed by atoms with Crippen molar-refractivity contribution in [2.24, 2.45) is 0 Å². The van der Waals surface area contributed by atoms with Crippen molar-refractivity contribution in [3.05, 3.63) is 54.0 Å². The number of halogens is 1. The highest BCUT2D eigenvalue weighted by atomic mass is 19.1. The summed E-state index contributed by atoms with van der Waals surface area (Å²) >= 11 is 0. The van der Waals surface area contributed by atoms with E-state index in [0.717, 1.165) is 0 Å². The first-order valence-electron chi connectivity index (χ1n) is 6.68. The van der Waals surface area contributed by atoms with Gasteiger partial charge in [0.25, 0.3) is 5.91 Å². The van der Waals surface area contributed by atoms with Crippen molar-refractivity contribution in [2.45, 2.75) is 0 Å². The lowest BCUT2D eigenvalue weighted by Crippen LogP contribution is -2.18. The van der Waals surface area contributed by atoms with Gasteiger partial charge in [-0.15, -0.1) is 0 Å². The second-order valence-electron chi connectivity index (χ2n) is 4.71. The fourth-order valence-electron chi connectivity index (χ4n) is 2.31. The van der Waals surface area contributed by atoms with Crippen molar-refractivity contribution in [1.82, 2.24) is 14.9 Å². The van der Waals surface area contributed by atoms with Gasteiger partial charge in [0, 0.05) is 24.9 Å². The van der Waals surface area contributed by atoms with Crippen molar-refractivity contribution in [1.29, 1.82) is 0 Å². The molecule has 1 N–H and O–H groups in total. The third-order valence-corrected chi connectivity index (χ3v) is 3.41. The van der Waals surface area contributed by atoms with E-state index in [-0.39, 0.29) is 11.7 Å². The summed E-state index contributed by atoms with van der Waals surface area (Å²) in [5.41, 5.74) is 2.21. The first-order valence-corrected chi connectivity index (χ1v) is 6.68. The standard InChI is InChI=1S/C16H14FN3O2/c1-18-16(21)14-13-9-12(22-2)7-8-20(13)19-15(14)10-3-5-11(17)6-4-10/h3-9H,1-2H3,(H,18,21). The van der Waals surface area contributed by atoms with E-state index >= 15 is 0 Å². The zero-order valence-corrected chi connectivity index (χ0v) is 12.1. The summed E-state index contributed by atoms with van der Waals surface area (Å²) < 4.78 is 19.9. The van der Waals surface area contributed by atoms with Gasteiger partial charge in [-0.05, 0) is 30.3 Å². The maximum absolute atomic E-state index is 13.1. The molecule has 0 saturated carbocycles. The SMILES string of the molecule is CNC(=O)c1c(-c2ccc(F)cc2)nn2ccc(OC)cc12. The lowest BCUT2D eigenvalue weighted by molar-refractivity contribution is 0.0965. The van der Waals surface area contributed by atoms with Gasteiger partial charge < -0.3 is 10.1 Å². The van der Waals surface area contributed by atoms with Crippen LogP contribution in [0.5, 0.6) is 5.75 Å². The van der Waals surface area contributed by atoms with Crippen LogP contribution in [0.2, 0.25) is 0 Å². The molecule has 6 heteroatoms. The Kier molecular flexibility index (Phi) is 3.50. The molecular weight excluding hydrogens is 285 g/mol. The first-order chi connectivity index (χ1) is 10.6. The molecule has 0 fully saturated rings. The maximum atomic E-state index is 13.1. The molecule has 0 atom stereocenters. The fourth-order valence-corrected chi connectivity index (χ4v) is 2.31. The number of amides is 1. The third-order valence-electron chi connectivity index (χ3n) is 3.41. The van der Waals surface area contributed by atoms with E-state index in [1.165, 1.54) is 12.1 Å². The van der Waals surface area contributed by atoms with E-state index in [4.69, 9.17) is 4.74 Å². The molecule has 0 bridgehead atoms. The summed E-state index contributed by atoms with van der Waals surface area (Å²) in [6, 6.07) is 9.37. The monoisotopic (exact) mass is 299 g/mol. The molecular formula is C16H14FN3O2. The Bertz CT molecular complexity index is 840. The molecule has 0 radical (unpaired) electrons. The van der Waals surface area contributed by atoms with Gasteiger partial charge in [0.15, 0.2) is 0 Å². The largest absolute Gasteiger partial charge is 0.497 e. The Morgan fingerprint density at radius 1 is 1.27 bits per heavy atom. The van der Waals surface area contributed by atoms with Gasteiger partial charge in [-0.1, -0.05) is 0 Å². The average molecular weight is 299 g/mol. The Balaban J connectivity index is 2.28. The highest BCUT2D eigenvalue weighted by Crippen LogP contribution is 2.28. The van der Waals surface area contributed by atoms with E-state index in [9.17, 15) is 9.18 Å². The van der Waals surface area contributed by atoms with E-state index < -0.39 is 0 Å². The van der Waals surface area contributed by atoms with Crippen molar-refractivity contribution < 1.29 is 13.9 Å². The fraction of sp³-hybridized carbons (Fsp3) is 0.125. The van der Waals surface area contributed by atoms with Gasteiger partial charge in [0.1, 0.15) is 17.3 Å².